The fourth-order valence-electron chi connectivity index (χ4n) is 1.85. The van der Waals surface area contributed by atoms with E-state index in [1.165, 1.54) is 18.5 Å². The van der Waals surface area contributed by atoms with Crippen LogP contribution in [0.3, 0.4) is 0 Å². The van der Waals surface area contributed by atoms with Crippen molar-refractivity contribution >= 4 is 21.6 Å². The Bertz CT molecular complexity index is 686. The van der Waals surface area contributed by atoms with Crippen LogP contribution in [0.15, 0.2) is 46.2 Å². The standard InChI is InChI=1S/C13H16ClN3O3S/c1-17(2)11(12-4-3-7-20-12)8-16-21(18,19)13-9-15-6-5-10(13)14/h3-7,9,11,16H,8H2,1-2H3. The molecule has 0 aliphatic carbocycles. The minimum absolute atomic E-state index is 0.0383. The van der Waals surface area contributed by atoms with E-state index in [4.69, 9.17) is 16.0 Å². The molecule has 0 aromatic carbocycles. The highest BCUT2D eigenvalue weighted by atomic mass is 35.5. The van der Waals surface area contributed by atoms with Crippen molar-refractivity contribution in [2.24, 2.45) is 0 Å². The summed E-state index contributed by atoms with van der Waals surface area (Å²) in [5.74, 6) is 0.681. The van der Waals surface area contributed by atoms with Crippen LogP contribution in [-0.2, 0) is 10.0 Å². The van der Waals surface area contributed by atoms with Crippen molar-refractivity contribution in [3.05, 3.63) is 47.6 Å². The lowest BCUT2D eigenvalue weighted by molar-refractivity contribution is 0.259. The van der Waals surface area contributed by atoms with Gasteiger partial charge in [-0.05, 0) is 32.3 Å². The molecular weight excluding hydrogens is 314 g/mol. The smallest absolute Gasteiger partial charge is 0.243 e. The summed E-state index contributed by atoms with van der Waals surface area (Å²) < 4.78 is 32.4. The summed E-state index contributed by atoms with van der Waals surface area (Å²) in [6.45, 7) is 0.161. The van der Waals surface area contributed by atoms with Crippen molar-refractivity contribution in [2.75, 3.05) is 20.6 Å². The van der Waals surface area contributed by atoms with E-state index in [2.05, 4.69) is 9.71 Å². The number of likely N-dealkylation sites (N-methyl/N-ethyl adjacent to an activating group) is 1. The first-order valence-corrected chi connectivity index (χ1v) is 8.07. The van der Waals surface area contributed by atoms with Gasteiger partial charge in [0, 0.05) is 18.9 Å². The third-order valence-corrected chi connectivity index (χ3v) is 4.88. The van der Waals surface area contributed by atoms with Crippen LogP contribution in [0.2, 0.25) is 5.02 Å². The van der Waals surface area contributed by atoms with Crippen LogP contribution in [0, 0.1) is 0 Å². The molecule has 2 heterocycles. The molecule has 1 N–H and O–H groups in total. The summed E-state index contributed by atoms with van der Waals surface area (Å²) >= 11 is 5.90. The topological polar surface area (TPSA) is 75.4 Å². The van der Waals surface area contributed by atoms with Crippen LogP contribution in [0.5, 0.6) is 0 Å². The van der Waals surface area contributed by atoms with Crippen LogP contribution in [0.25, 0.3) is 0 Å². The van der Waals surface area contributed by atoms with Crippen LogP contribution in [0.4, 0.5) is 0 Å². The summed E-state index contributed by atoms with van der Waals surface area (Å²) in [6, 6.07) is 4.78. The van der Waals surface area contributed by atoms with Gasteiger partial charge in [-0.15, -0.1) is 0 Å². The molecule has 0 aliphatic heterocycles. The predicted octanol–water partition coefficient (Wildman–Crippen LogP) is 1.91. The second-order valence-electron chi connectivity index (χ2n) is 4.65. The lowest BCUT2D eigenvalue weighted by Gasteiger charge is -2.22. The lowest BCUT2D eigenvalue weighted by Crippen LogP contribution is -2.34. The third kappa shape index (κ3) is 3.82. The van der Waals surface area contributed by atoms with E-state index in [-0.39, 0.29) is 22.5 Å². The number of hydrogen-bond donors (Lipinski definition) is 1. The maximum Gasteiger partial charge on any atom is 0.243 e. The number of nitrogens with zero attached hydrogens (tertiary/aromatic N) is 2. The molecule has 2 rings (SSSR count). The van der Waals surface area contributed by atoms with E-state index >= 15 is 0 Å². The average Bonchev–Trinajstić information content (AvgIpc) is 2.92. The monoisotopic (exact) mass is 329 g/mol. The van der Waals surface area contributed by atoms with E-state index in [1.807, 2.05) is 19.0 Å². The Balaban J connectivity index is 2.16. The molecule has 8 heteroatoms. The molecule has 21 heavy (non-hydrogen) atoms. The molecule has 0 fully saturated rings. The molecule has 0 saturated carbocycles. The van der Waals surface area contributed by atoms with Crippen molar-refractivity contribution in [1.29, 1.82) is 0 Å². The Kier molecular flexibility index (Phi) is 5.00. The van der Waals surface area contributed by atoms with Crippen LogP contribution >= 0.6 is 11.6 Å². The van der Waals surface area contributed by atoms with Gasteiger partial charge < -0.3 is 4.42 Å². The van der Waals surface area contributed by atoms with Gasteiger partial charge in [-0.3, -0.25) is 9.88 Å². The van der Waals surface area contributed by atoms with Gasteiger partial charge in [-0.2, -0.15) is 0 Å². The number of pyridine rings is 1. The fraction of sp³-hybridized carbons (Fsp3) is 0.308. The molecular formula is C13H16ClN3O3S. The zero-order valence-electron chi connectivity index (χ0n) is 11.7. The van der Waals surface area contributed by atoms with E-state index in [9.17, 15) is 8.42 Å². The van der Waals surface area contributed by atoms with Gasteiger partial charge in [0.15, 0.2) is 0 Å². The minimum atomic E-state index is -3.72. The Hall–Kier alpha value is -1.41. The van der Waals surface area contributed by atoms with Gasteiger partial charge in [-0.25, -0.2) is 13.1 Å². The molecule has 1 unspecified atom stereocenters. The summed E-state index contributed by atoms with van der Waals surface area (Å²) in [5.41, 5.74) is 0. The normalized spacial score (nSPS) is 13.5. The minimum Gasteiger partial charge on any atom is -0.468 e. The first-order chi connectivity index (χ1) is 9.92. The summed E-state index contributed by atoms with van der Waals surface area (Å²) in [4.78, 5) is 5.62. The number of nitrogens with one attached hydrogen (secondary N) is 1. The maximum absolute atomic E-state index is 12.3. The molecule has 0 amide bonds. The van der Waals surface area contributed by atoms with Gasteiger partial charge in [0.05, 0.1) is 17.3 Å². The summed E-state index contributed by atoms with van der Waals surface area (Å²) in [6.07, 6.45) is 4.22. The average molecular weight is 330 g/mol. The molecule has 2 aromatic rings. The zero-order chi connectivity index (χ0) is 15.5. The van der Waals surface area contributed by atoms with Crippen molar-refractivity contribution in [2.45, 2.75) is 10.9 Å². The largest absolute Gasteiger partial charge is 0.468 e. The van der Waals surface area contributed by atoms with Crippen LogP contribution in [0.1, 0.15) is 11.8 Å². The van der Waals surface area contributed by atoms with Gasteiger partial charge in [0.1, 0.15) is 10.7 Å². The number of rotatable bonds is 6. The van der Waals surface area contributed by atoms with E-state index in [0.29, 0.717) is 5.76 Å². The lowest BCUT2D eigenvalue weighted by atomic mass is 10.2. The second kappa shape index (κ2) is 6.57. The van der Waals surface area contributed by atoms with Crippen molar-refractivity contribution in [3.8, 4) is 0 Å². The quantitative estimate of drug-likeness (QED) is 0.876. The Morgan fingerprint density at radius 2 is 2.19 bits per heavy atom. The van der Waals surface area contributed by atoms with Crippen molar-refractivity contribution in [3.63, 3.8) is 0 Å². The van der Waals surface area contributed by atoms with Crippen LogP contribution in [-0.4, -0.2) is 38.9 Å². The predicted molar refractivity (Wildman–Crippen MR) is 79.6 cm³/mol. The molecule has 0 bridgehead atoms. The van der Waals surface area contributed by atoms with E-state index in [0.717, 1.165) is 0 Å². The fourth-order valence-corrected chi connectivity index (χ4v) is 3.31. The molecule has 114 valence electrons. The molecule has 0 saturated heterocycles. The second-order valence-corrected chi connectivity index (χ2v) is 6.80. The summed E-state index contributed by atoms with van der Waals surface area (Å²) in [7, 11) is -0.0318. The number of sulfonamides is 1. The Morgan fingerprint density at radius 3 is 2.76 bits per heavy atom. The number of halogens is 1. The first-order valence-electron chi connectivity index (χ1n) is 6.21. The molecule has 2 aromatic heterocycles. The Morgan fingerprint density at radius 1 is 1.43 bits per heavy atom. The summed E-state index contributed by atoms with van der Waals surface area (Å²) in [5, 5.41) is 0.136. The SMILES string of the molecule is CN(C)C(CNS(=O)(=O)c1cnccc1Cl)c1ccco1. The Labute approximate surface area is 128 Å². The molecule has 1 atom stereocenters. The third-order valence-electron chi connectivity index (χ3n) is 2.99. The van der Waals surface area contributed by atoms with E-state index in [1.54, 1.807) is 18.4 Å². The van der Waals surface area contributed by atoms with Gasteiger partial charge in [-0.1, -0.05) is 11.6 Å². The van der Waals surface area contributed by atoms with Crippen LogP contribution < -0.4 is 4.72 Å². The maximum atomic E-state index is 12.3. The number of hydrogen-bond acceptors (Lipinski definition) is 5. The van der Waals surface area contributed by atoms with Gasteiger partial charge in [0.25, 0.3) is 0 Å². The molecule has 0 radical (unpaired) electrons. The molecule has 6 nitrogen and oxygen atoms in total. The number of furan rings is 1. The first kappa shape index (κ1) is 16.0. The van der Waals surface area contributed by atoms with E-state index < -0.39 is 10.0 Å². The molecule has 0 aliphatic rings. The highest BCUT2D eigenvalue weighted by molar-refractivity contribution is 7.89. The number of aromatic nitrogens is 1. The van der Waals surface area contributed by atoms with Crippen molar-refractivity contribution in [1.82, 2.24) is 14.6 Å². The van der Waals surface area contributed by atoms with Crippen molar-refractivity contribution < 1.29 is 12.8 Å². The highest BCUT2D eigenvalue weighted by Crippen LogP contribution is 2.21. The molecule has 0 spiro atoms. The van der Waals surface area contributed by atoms with Gasteiger partial charge in [0.2, 0.25) is 10.0 Å². The van der Waals surface area contributed by atoms with Gasteiger partial charge >= 0.3 is 0 Å². The zero-order valence-corrected chi connectivity index (χ0v) is 13.2. The highest BCUT2D eigenvalue weighted by Gasteiger charge is 2.23.